The summed E-state index contributed by atoms with van der Waals surface area (Å²) in [7, 11) is 1.41. The zero-order valence-corrected chi connectivity index (χ0v) is 10.6. The number of hydrogen-bond acceptors (Lipinski definition) is 3. The number of epoxide rings is 1. The fourth-order valence-corrected chi connectivity index (χ4v) is 1.99. The second-order valence-corrected chi connectivity index (χ2v) is 4.73. The molecule has 0 radical (unpaired) electrons. The summed E-state index contributed by atoms with van der Waals surface area (Å²) in [6.07, 6.45) is 0.545. The monoisotopic (exact) mass is 284 g/mol. The number of ether oxygens (including phenoxy) is 2. The number of carbonyl (C=O) groups is 1. The first-order valence-electron chi connectivity index (χ1n) is 5.14. The minimum absolute atomic E-state index is 0.112. The summed E-state index contributed by atoms with van der Waals surface area (Å²) in [5, 5.41) is 0. The van der Waals surface area contributed by atoms with E-state index >= 15 is 0 Å². The van der Waals surface area contributed by atoms with Crippen LogP contribution in [0.5, 0.6) is 0 Å². The van der Waals surface area contributed by atoms with Crippen molar-refractivity contribution in [2.45, 2.75) is 18.4 Å². The van der Waals surface area contributed by atoms with E-state index in [0.29, 0.717) is 6.42 Å². The van der Waals surface area contributed by atoms with Gasteiger partial charge in [0.15, 0.2) is 0 Å². The van der Waals surface area contributed by atoms with Gasteiger partial charge in [0, 0.05) is 10.4 Å². The van der Waals surface area contributed by atoms with E-state index in [4.69, 9.17) is 9.47 Å². The number of hydrogen-bond donors (Lipinski definition) is 0. The van der Waals surface area contributed by atoms with E-state index in [1.165, 1.54) is 7.11 Å². The standard InChI is InChI=1S/C12H13BrO3/c1-15-12(14)6-10(11-7-16-11)8-2-4-9(13)5-3-8/h2-5,10-11H,6-7H2,1H3/t10-,11-/m1/s1. The third-order valence-corrected chi connectivity index (χ3v) is 3.25. The van der Waals surface area contributed by atoms with Gasteiger partial charge in [-0.25, -0.2) is 0 Å². The second kappa shape index (κ2) is 4.97. The molecule has 1 aliphatic heterocycles. The number of halogens is 1. The van der Waals surface area contributed by atoms with Crippen molar-refractivity contribution in [3.05, 3.63) is 34.3 Å². The van der Waals surface area contributed by atoms with Gasteiger partial charge >= 0.3 is 5.97 Å². The molecule has 0 bridgehead atoms. The maximum atomic E-state index is 11.3. The van der Waals surface area contributed by atoms with Crippen LogP contribution in [0.3, 0.4) is 0 Å². The Morgan fingerprint density at radius 1 is 1.56 bits per heavy atom. The number of methoxy groups -OCH3 is 1. The van der Waals surface area contributed by atoms with Crippen LogP contribution in [-0.2, 0) is 14.3 Å². The lowest BCUT2D eigenvalue weighted by Crippen LogP contribution is -2.13. The van der Waals surface area contributed by atoms with Crippen LogP contribution < -0.4 is 0 Å². The fourth-order valence-electron chi connectivity index (χ4n) is 1.72. The molecule has 0 N–H and O–H groups in total. The van der Waals surface area contributed by atoms with Crippen molar-refractivity contribution in [3.63, 3.8) is 0 Å². The molecule has 4 heteroatoms. The van der Waals surface area contributed by atoms with E-state index < -0.39 is 0 Å². The van der Waals surface area contributed by atoms with Gasteiger partial charge in [-0.2, -0.15) is 0 Å². The Labute approximate surface area is 103 Å². The van der Waals surface area contributed by atoms with Crippen LogP contribution in [-0.4, -0.2) is 25.8 Å². The van der Waals surface area contributed by atoms with Crippen molar-refractivity contribution in [1.82, 2.24) is 0 Å². The van der Waals surface area contributed by atoms with Crippen LogP contribution in [0.15, 0.2) is 28.7 Å². The van der Waals surface area contributed by atoms with Gasteiger partial charge in [-0.05, 0) is 17.7 Å². The minimum Gasteiger partial charge on any atom is -0.469 e. The Hall–Kier alpha value is -0.870. The highest BCUT2D eigenvalue weighted by Crippen LogP contribution is 2.33. The Bertz CT molecular complexity index is 370. The largest absolute Gasteiger partial charge is 0.469 e. The first-order valence-corrected chi connectivity index (χ1v) is 5.94. The van der Waals surface area contributed by atoms with Crippen LogP contribution in [0.1, 0.15) is 17.9 Å². The highest BCUT2D eigenvalue weighted by atomic mass is 79.9. The normalized spacial score (nSPS) is 20.2. The topological polar surface area (TPSA) is 38.8 Å². The molecule has 0 amide bonds. The maximum absolute atomic E-state index is 11.3. The van der Waals surface area contributed by atoms with Crippen molar-refractivity contribution in [2.75, 3.05) is 13.7 Å². The molecule has 0 spiro atoms. The maximum Gasteiger partial charge on any atom is 0.306 e. The summed E-state index contributed by atoms with van der Waals surface area (Å²) >= 11 is 3.39. The third-order valence-electron chi connectivity index (χ3n) is 2.72. The summed E-state index contributed by atoms with van der Waals surface area (Å²) < 4.78 is 11.0. The molecular formula is C12H13BrO3. The summed E-state index contributed by atoms with van der Waals surface area (Å²) in [6.45, 7) is 0.734. The van der Waals surface area contributed by atoms with Gasteiger partial charge in [-0.3, -0.25) is 4.79 Å². The molecule has 3 nitrogen and oxygen atoms in total. The number of rotatable bonds is 4. The summed E-state index contributed by atoms with van der Waals surface area (Å²) in [6, 6.07) is 7.97. The third kappa shape index (κ3) is 2.83. The Balaban J connectivity index is 2.12. The Morgan fingerprint density at radius 3 is 2.69 bits per heavy atom. The molecule has 16 heavy (non-hydrogen) atoms. The van der Waals surface area contributed by atoms with Crippen LogP contribution in [0.4, 0.5) is 0 Å². The molecular weight excluding hydrogens is 272 g/mol. The van der Waals surface area contributed by atoms with E-state index in [-0.39, 0.29) is 18.0 Å². The van der Waals surface area contributed by atoms with Gasteiger partial charge in [0.1, 0.15) is 0 Å². The van der Waals surface area contributed by atoms with E-state index in [1.807, 2.05) is 24.3 Å². The predicted octanol–water partition coefficient (Wildman–Crippen LogP) is 2.49. The van der Waals surface area contributed by atoms with E-state index in [2.05, 4.69) is 15.9 Å². The van der Waals surface area contributed by atoms with E-state index in [0.717, 1.165) is 16.6 Å². The highest BCUT2D eigenvalue weighted by Gasteiger charge is 2.35. The van der Waals surface area contributed by atoms with Gasteiger partial charge in [-0.1, -0.05) is 28.1 Å². The van der Waals surface area contributed by atoms with E-state index in [1.54, 1.807) is 0 Å². The van der Waals surface area contributed by atoms with Gasteiger partial charge in [0.25, 0.3) is 0 Å². The SMILES string of the molecule is COC(=O)C[C@H](c1ccc(Br)cc1)[C@H]1CO1. The summed E-state index contributed by atoms with van der Waals surface area (Å²) in [4.78, 5) is 11.3. The molecule has 1 aliphatic rings. The summed E-state index contributed by atoms with van der Waals surface area (Å²) in [5.41, 5.74) is 1.12. The molecule has 2 atom stereocenters. The first-order chi connectivity index (χ1) is 7.70. The van der Waals surface area contributed by atoms with Gasteiger partial charge in [0.2, 0.25) is 0 Å². The quantitative estimate of drug-likeness (QED) is 0.630. The Kier molecular flexibility index (Phi) is 3.61. The molecule has 0 saturated carbocycles. The molecule has 86 valence electrons. The van der Waals surface area contributed by atoms with Crippen molar-refractivity contribution in [1.29, 1.82) is 0 Å². The molecule has 1 saturated heterocycles. The first kappa shape index (κ1) is 11.6. The molecule has 0 aliphatic carbocycles. The average molecular weight is 285 g/mol. The number of esters is 1. The zero-order chi connectivity index (χ0) is 11.5. The molecule has 1 fully saturated rings. The lowest BCUT2D eigenvalue weighted by molar-refractivity contribution is -0.141. The van der Waals surface area contributed by atoms with Crippen LogP contribution in [0, 0.1) is 0 Å². The van der Waals surface area contributed by atoms with Gasteiger partial charge in [-0.15, -0.1) is 0 Å². The van der Waals surface area contributed by atoms with Gasteiger partial charge in [0.05, 0.1) is 26.2 Å². The molecule has 1 aromatic carbocycles. The lowest BCUT2D eigenvalue weighted by Gasteiger charge is -2.13. The van der Waals surface area contributed by atoms with E-state index in [9.17, 15) is 4.79 Å². The van der Waals surface area contributed by atoms with Crippen molar-refractivity contribution in [2.24, 2.45) is 0 Å². The Morgan fingerprint density at radius 2 is 2.19 bits per heavy atom. The lowest BCUT2D eigenvalue weighted by atomic mass is 9.93. The number of benzene rings is 1. The predicted molar refractivity (Wildman–Crippen MR) is 63.3 cm³/mol. The highest BCUT2D eigenvalue weighted by molar-refractivity contribution is 9.10. The fraction of sp³-hybridized carbons (Fsp3) is 0.417. The van der Waals surface area contributed by atoms with Crippen molar-refractivity contribution in [3.8, 4) is 0 Å². The molecule has 0 unspecified atom stereocenters. The van der Waals surface area contributed by atoms with Crippen LogP contribution >= 0.6 is 15.9 Å². The smallest absolute Gasteiger partial charge is 0.306 e. The zero-order valence-electron chi connectivity index (χ0n) is 8.98. The molecule has 2 rings (SSSR count). The number of carbonyl (C=O) groups excluding carboxylic acids is 1. The average Bonchev–Trinajstić information content (AvgIpc) is 3.11. The molecule has 1 aromatic rings. The van der Waals surface area contributed by atoms with Crippen LogP contribution in [0.25, 0.3) is 0 Å². The van der Waals surface area contributed by atoms with Crippen LogP contribution in [0.2, 0.25) is 0 Å². The molecule has 0 aromatic heterocycles. The molecule has 1 heterocycles. The minimum atomic E-state index is -0.191. The van der Waals surface area contributed by atoms with Crippen molar-refractivity contribution >= 4 is 21.9 Å². The second-order valence-electron chi connectivity index (χ2n) is 3.81. The van der Waals surface area contributed by atoms with Crippen molar-refractivity contribution < 1.29 is 14.3 Å². The van der Waals surface area contributed by atoms with Gasteiger partial charge < -0.3 is 9.47 Å². The summed E-state index contributed by atoms with van der Waals surface area (Å²) in [5.74, 6) is -0.0797.